The van der Waals surface area contributed by atoms with Gasteiger partial charge in [0.1, 0.15) is 48.2 Å². The Morgan fingerprint density at radius 3 is 1.56 bits per heavy atom. The van der Waals surface area contributed by atoms with Crippen LogP contribution in [-0.4, -0.2) is 55.6 Å². The molecule has 0 saturated heterocycles. The van der Waals surface area contributed by atoms with Crippen LogP contribution in [0.4, 0.5) is 0 Å². The van der Waals surface area contributed by atoms with Gasteiger partial charge in [-0.2, -0.15) is 10.5 Å². The number of nitriles is 2. The normalized spacial score (nSPS) is 22.3. The van der Waals surface area contributed by atoms with Crippen molar-refractivity contribution >= 4 is 59.3 Å². The van der Waals surface area contributed by atoms with Gasteiger partial charge in [0, 0.05) is 12.5 Å². The molecule has 0 aromatic heterocycles. The van der Waals surface area contributed by atoms with E-state index in [1.807, 2.05) is 12.1 Å². The van der Waals surface area contributed by atoms with Crippen LogP contribution in [0.3, 0.4) is 0 Å². The van der Waals surface area contributed by atoms with Gasteiger partial charge in [0.2, 0.25) is 0 Å². The summed E-state index contributed by atoms with van der Waals surface area (Å²) in [5.74, 6) is -0.865. The van der Waals surface area contributed by atoms with Crippen molar-refractivity contribution in [3.63, 3.8) is 0 Å². The molecule has 3 saturated carbocycles. The number of thioether (sulfide) groups is 2. The van der Waals surface area contributed by atoms with Gasteiger partial charge >= 0.3 is 35.8 Å². The van der Waals surface area contributed by atoms with Gasteiger partial charge in [-0.1, -0.05) is 68.4 Å². The molecule has 350 valence electrons. The fraction of sp³-hybridized carbons (Fsp3) is 0.520. The monoisotopic (exact) mass is 940 g/mol. The van der Waals surface area contributed by atoms with Crippen LogP contribution in [0.15, 0.2) is 68.7 Å². The van der Waals surface area contributed by atoms with Crippen LogP contribution in [0, 0.1) is 58.2 Å². The number of allylic oxidation sites excluding steroid dienone is 1. The largest absolute Gasteiger partial charge is 0.465 e. The summed E-state index contributed by atoms with van der Waals surface area (Å²) < 4.78 is 32.9. The summed E-state index contributed by atoms with van der Waals surface area (Å²) in [5.41, 5.74) is 0.754. The van der Waals surface area contributed by atoms with E-state index in [1.54, 1.807) is 36.4 Å². The van der Waals surface area contributed by atoms with Crippen LogP contribution >= 0.6 is 23.5 Å². The summed E-state index contributed by atoms with van der Waals surface area (Å²) in [6.07, 6.45) is 12.8. The van der Waals surface area contributed by atoms with E-state index in [0.717, 1.165) is 72.7 Å². The van der Waals surface area contributed by atoms with E-state index in [1.165, 1.54) is 32.1 Å². The third kappa shape index (κ3) is 14.0. The highest BCUT2D eigenvalue weighted by Gasteiger charge is 2.37. The van der Waals surface area contributed by atoms with Crippen molar-refractivity contribution in [3.8, 4) is 29.4 Å². The molecule has 16 heteroatoms. The van der Waals surface area contributed by atoms with Gasteiger partial charge in [-0.05, 0) is 112 Å². The number of fused-ring (bicyclic) bond motifs is 1. The van der Waals surface area contributed by atoms with Crippen molar-refractivity contribution in [3.05, 3.63) is 64.4 Å². The summed E-state index contributed by atoms with van der Waals surface area (Å²) >= 11 is 2.30. The number of hydrogen-bond donors (Lipinski definition) is 0. The lowest BCUT2D eigenvalue weighted by Crippen LogP contribution is -2.30. The molecule has 0 bridgehead atoms. The second-order valence-electron chi connectivity index (χ2n) is 17.1. The molecule has 14 nitrogen and oxygen atoms in total. The van der Waals surface area contributed by atoms with E-state index in [9.17, 15) is 39.3 Å². The average Bonchev–Trinajstić information content (AvgIpc) is 3.80. The van der Waals surface area contributed by atoms with Crippen LogP contribution in [0.5, 0.6) is 17.2 Å². The minimum Gasteiger partial charge on any atom is -0.465 e. The molecule has 0 unspecified atom stereocenters. The first-order chi connectivity index (χ1) is 32.0. The smallest absolute Gasteiger partial charge is 0.330 e. The summed E-state index contributed by atoms with van der Waals surface area (Å²) in [4.78, 5) is 76.1. The lowest BCUT2D eigenvalue weighted by atomic mass is 9.69. The molecule has 0 amide bonds. The molecule has 3 aliphatic carbocycles. The zero-order valence-electron chi connectivity index (χ0n) is 37.3. The maximum Gasteiger partial charge on any atom is 0.330 e. The maximum atomic E-state index is 13.6. The Hall–Kier alpha value is -5.58. The molecule has 0 N–H and O–H groups in total. The molecule has 1 aliphatic heterocycles. The Labute approximate surface area is 394 Å². The van der Waals surface area contributed by atoms with E-state index < -0.39 is 41.7 Å². The van der Waals surface area contributed by atoms with E-state index in [2.05, 4.69) is 13.5 Å². The number of carbonyl (C=O) groups excluding carboxylic acids is 6. The lowest BCUT2D eigenvalue weighted by molar-refractivity contribution is -0.152. The Kier molecular flexibility index (Phi) is 18.7. The van der Waals surface area contributed by atoms with Crippen molar-refractivity contribution in [1.82, 2.24) is 0 Å². The summed E-state index contributed by atoms with van der Waals surface area (Å²) in [6.45, 7) is 5.38. The zero-order valence-corrected chi connectivity index (χ0v) is 38.9. The highest BCUT2D eigenvalue weighted by molar-refractivity contribution is 8.24. The molecule has 1 heterocycles. The standard InChI is InChI=1S/C50H56N2O12S2/c1-3-31-5-9-33(10-6-31)34-11-13-36(14-12-34)48(57)63-40-21-22-41(46-45(40)65-50(66-46)38(29-51)30-52)64-49(58)37-17-15-35(16-18-37)47(56)62-39-19-7-32(8-20-39)25-26-59-43(54)23-24-44(55)61-28-27-60-42(53)4-2/h4,7-8,19-22,31,33-37H,2-3,5-6,9-18,23-28H2,1H3. The van der Waals surface area contributed by atoms with Gasteiger partial charge in [-0.15, -0.1) is 0 Å². The van der Waals surface area contributed by atoms with Crippen molar-refractivity contribution in [2.24, 2.45) is 35.5 Å². The molecule has 3 fully saturated rings. The highest BCUT2D eigenvalue weighted by Crippen LogP contribution is 2.59. The quantitative estimate of drug-likeness (QED) is 0.0341. The second kappa shape index (κ2) is 24.8. The van der Waals surface area contributed by atoms with Gasteiger partial charge < -0.3 is 28.4 Å². The van der Waals surface area contributed by atoms with E-state index in [-0.39, 0.29) is 55.9 Å². The third-order valence-electron chi connectivity index (χ3n) is 13.0. The van der Waals surface area contributed by atoms with Crippen LogP contribution < -0.4 is 14.2 Å². The Morgan fingerprint density at radius 1 is 0.621 bits per heavy atom. The van der Waals surface area contributed by atoms with Crippen molar-refractivity contribution in [1.29, 1.82) is 10.5 Å². The first kappa shape index (κ1) is 49.8. The fourth-order valence-electron chi connectivity index (χ4n) is 9.06. The molecule has 2 aromatic rings. The second-order valence-corrected chi connectivity index (χ2v) is 19.4. The molecule has 0 spiro atoms. The molecule has 66 heavy (non-hydrogen) atoms. The van der Waals surface area contributed by atoms with E-state index in [4.69, 9.17) is 28.4 Å². The van der Waals surface area contributed by atoms with Crippen LogP contribution in [0.2, 0.25) is 0 Å². The number of ether oxygens (including phenoxy) is 6. The van der Waals surface area contributed by atoms with Gasteiger partial charge in [-0.25, -0.2) is 4.79 Å². The van der Waals surface area contributed by atoms with Crippen LogP contribution in [0.1, 0.15) is 109 Å². The molecule has 0 atom stereocenters. The molecule has 4 aliphatic rings. The van der Waals surface area contributed by atoms with Gasteiger partial charge in [-0.3, -0.25) is 24.0 Å². The topological polar surface area (TPSA) is 205 Å². The number of nitrogens with zero attached hydrogens (tertiary/aromatic N) is 2. The van der Waals surface area contributed by atoms with Crippen molar-refractivity contribution in [2.75, 3.05) is 19.8 Å². The number of carbonyl (C=O) groups is 6. The fourth-order valence-corrected chi connectivity index (χ4v) is 11.5. The third-order valence-corrected chi connectivity index (χ3v) is 15.6. The first-order valence-electron chi connectivity index (χ1n) is 22.9. The Morgan fingerprint density at radius 2 is 1.08 bits per heavy atom. The predicted molar refractivity (Wildman–Crippen MR) is 242 cm³/mol. The zero-order chi connectivity index (χ0) is 47.0. The summed E-state index contributed by atoms with van der Waals surface area (Å²) in [6, 6.07) is 13.9. The predicted octanol–water partition coefficient (Wildman–Crippen LogP) is 9.53. The maximum absolute atomic E-state index is 13.6. The van der Waals surface area contributed by atoms with Crippen molar-refractivity contribution in [2.45, 2.75) is 119 Å². The van der Waals surface area contributed by atoms with Crippen LogP contribution in [0.25, 0.3) is 0 Å². The lowest BCUT2D eigenvalue weighted by Gasteiger charge is -2.37. The van der Waals surface area contributed by atoms with Crippen LogP contribution in [-0.2, 0) is 49.4 Å². The van der Waals surface area contributed by atoms with Gasteiger partial charge in [0.15, 0.2) is 0 Å². The Balaban J connectivity index is 0.937. The number of benzene rings is 2. The molecular formula is C50H56N2O12S2. The van der Waals surface area contributed by atoms with Gasteiger partial charge in [0.25, 0.3) is 0 Å². The molecule has 2 aromatic carbocycles. The minimum absolute atomic E-state index is 0.0822. The SMILES string of the molecule is C=CC(=O)OCCOC(=O)CCC(=O)OCCc1ccc(OC(=O)C2CCC(C(=O)Oc3ccc(OC(=O)C4CCC(C5CCC(CC)CC5)CC4)c4c3SC(=C(C#N)C#N)S4)CC2)cc1. The van der Waals surface area contributed by atoms with Gasteiger partial charge in [0.05, 0.1) is 51.2 Å². The molecule has 6 rings (SSSR count). The number of rotatable bonds is 18. The summed E-state index contributed by atoms with van der Waals surface area (Å²) in [5, 5.41) is 19.3. The van der Waals surface area contributed by atoms with Crippen molar-refractivity contribution < 1.29 is 57.2 Å². The van der Waals surface area contributed by atoms with E-state index >= 15 is 0 Å². The molecular weight excluding hydrogens is 885 g/mol. The van der Waals surface area contributed by atoms with E-state index in [0.29, 0.717) is 63.5 Å². The highest BCUT2D eigenvalue weighted by atomic mass is 32.2. The minimum atomic E-state index is -0.627. The number of hydrogen-bond acceptors (Lipinski definition) is 16. The Bertz CT molecular complexity index is 2210. The first-order valence-corrected chi connectivity index (χ1v) is 24.5. The number of esters is 6. The average molecular weight is 941 g/mol. The molecule has 0 radical (unpaired) electrons. The summed E-state index contributed by atoms with van der Waals surface area (Å²) in [7, 11) is 0.